The number of nitrogens with one attached hydrogen (secondary N) is 2. The lowest BCUT2D eigenvalue weighted by Crippen LogP contribution is -2.22. The van der Waals surface area contributed by atoms with Gasteiger partial charge < -0.3 is 15.7 Å². The van der Waals surface area contributed by atoms with Crippen LogP contribution in [0.4, 0.5) is 11.4 Å². The number of amides is 2. The van der Waals surface area contributed by atoms with Crippen LogP contribution in [0, 0.1) is 6.92 Å². The fourth-order valence-electron chi connectivity index (χ4n) is 3.02. The van der Waals surface area contributed by atoms with Gasteiger partial charge in [0, 0.05) is 16.3 Å². The van der Waals surface area contributed by atoms with E-state index >= 15 is 0 Å². The Morgan fingerprint density at radius 2 is 1.43 bits per heavy atom. The molecule has 182 valence electrons. The Morgan fingerprint density at radius 3 is 2.03 bits per heavy atom. The number of carbonyl (C=O) groups excluding carboxylic acids is 2. The van der Waals surface area contributed by atoms with Crippen LogP contribution >= 0.6 is 58.2 Å². The van der Waals surface area contributed by atoms with Gasteiger partial charge in [0.15, 0.2) is 0 Å². The van der Waals surface area contributed by atoms with Gasteiger partial charge in [-0.1, -0.05) is 70.2 Å². The number of carbonyl (C=O) groups is 3. The molecule has 0 aliphatic carbocycles. The largest absolute Gasteiger partial charge is 0.478 e. The van der Waals surface area contributed by atoms with Gasteiger partial charge in [0.1, 0.15) is 0 Å². The smallest absolute Gasteiger partial charge is 0.338 e. The average molecular weight is 572 g/mol. The summed E-state index contributed by atoms with van der Waals surface area (Å²) < 4.78 is 0. The van der Waals surface area contributed by atoms with E-state index in [-0.39, 0.29) is 21.0 Å². The van der Waals surface area contributed by atoms with Gasteiger partial charge in [-0.3, -0.25) is 9.59 Å². The highest BCUT2D eigenvalue weighted by Crippen LogP contribution is 2.42. The van der Waals surface area contributed by atoms with Crippen LogP contribution in [0.2, 0.25) is 20.1 Å². The summed E-state index contributed by atoms with van der Waals surface area (Å²) in [5.74, 6) is -2.50. The number of thioether (sulfide) groups is 1. The van der Waals surface area contributed by atoms with E-state index in [0.29, 0.717) is 16.3 Å². The van der Waals surface area contributed by atoms with Crippen LogP contribution in [0.3, 0.4) is 0 Å². The van der Waals surface area contributed by atoms with E-state index in [1.807, 2.05) is 31.2 Å². The third-order valence-corrected chi connectivity index (χ3v) is 7.70. The maximum absolute atomic E-state index is 13.0. The zero-order chi connectivity index (χ0) is 25.9. The van der Waals surface area contributed by atoms with Crippen molar-refractivity contribution >= 4 is 87.3 Å². The molecule has 0 bridgehead atoms. The van der Waals surface area contributed by atoms with E-state index in [4.69, 9.17) is 46.4 Å². The van der Waals surface area contributed by atoms with Crippen molar-refractivity contribution in [1.82, 2.24) is 0 Å². The van der Waals surface area contributed by atoms with Crippen molar-refractivity contribution in [3.63, 3.8) is 0 Å². The summed E-state index contributed by atoms with van der Waals surface area (Å²) >= 11 is 25.4. The Bertz CT molecular complexity index is 1320. The van der Waals surface area contributed by atoms with Crippen molar-refractivity contribution in [3.8, 4) is 0 Å². The van der Waals surface area contributed by atoms with Crippen molar-refractivity contribution in [2.45, 2.75) is 24.0 Å². The number of halogens is 4. The molecule has 0 spiro atoms. The molecule has 35 heavy (non-hydrogen) atoms. The fourth-order valence-corrected chi connectivity index (χ4v) is 4.97. The molecule has 1 unspecified atom stereocenters. The Morgan fingerprint density at radius 1 is 0.829 bits per heavy atom. The molecule has 3 N–H and O–H groups in total. The van der Waals surface area contributed by atoms with Crippen LogP contribution in [0.5, 0.6) is 0 Å². The lowest BCUT2D eigenvalue weighted by molar-refractivity contribution is -0.115. The second-order valence-electron chi connectivity index (χ2n) is 7.41. The van der Waals surface area contributed by atoms with Gasteiger partial charge in [-0.25, -0.2) is 4.79 Å². The summed E-state index contributed by atoms with van der Waals surface area (Å²) in [5, 5.41) is 13.4. The zero-order valence-electron chi connectivity index (χ0n) is 18.3. The van der Waals surface area contributed by atoms with Gasteiger partial charge in [-0.15, -0.1) is 11.8 Å². The van der Waals surface area contributed by atoms with Gasteiger partial charge in [0.25, 0.3) is 5.91 Å². The molecule has 0 radical (unpaired) electrons. The first-order chi connectivity index (χ1) is 16.5. The van der Waals surface area contributed by atoms with Crippen LogP contribution in [-0.4, -0.2) is 28.1 Å². The highest BCUT2D eigenvalue weighted by molar-refractivity contribution is 8.00. The molecule has 0 heterocycles. The van der Waals surface area contributed by atoms with E-state index < -0.39 is 33.3 Å². The number of anilines is 2. The van der Waals surface area contributed by atoms with Crippen molar-refractivity contribution in [1.29, 1.82) is 0 Å². The van der Waals surface area contributed by atoms with E-state index in [1.165, 1.54) is 11.8 Å². The number of carboxylic acids is 1. The second-order valence-corrected chi connectivity index (χ2v) is 10.3. The van der Waals surface area contributed by atoms with Gasteiger partial charge in [0.05, 0.1) is 36.5 Å². The summed E-state index contributed by atoms with van der Waals surface area (Å²) in [6.07, 6.45) is 0. The monoisotopic (exact) mass is 570 g/mol. The normalized spacial score (nSPS) is 11.6. The molecule has 0 aliphatic heterocycles. The second kappa shape index (κ2) is 11.5. The minimum absolute atomic E-state index is 0.184. The molecule has 3 aromatic carbocycles. The third-order valence-electron chi connectivity index (χ3n) is 4.80. The molecule has 3 aromatic rings. The van der Waals surface area contributed by atoms with Crippen LogP contribution in [0.15, 0.2) is 53.4 Å². The molecule has 6 nitrogen and oxygen atoms in total. The maximum atomic E-state index is 13.0. The predicted octanol–water partition coefficient (Wildman–Crippen LogP) is 7.68. The minimum atomic E-state index is -1.49. The summed E-state index contributed by atoms with van der Waals surface area (Å²) in [4.78, 5) is 38.0. The first-order valence-electron chi connectivity index (χ1n) is 10.0. The van der Waals surface area contributed by atoms with Crippen molar-refractivity contribution in [2.75, 3.05) is 10.6 Å². The highest BCUT2D eigenvalue weighted by Gasteiger charge is 2.29. The van der Waals surface area contributed by atoms with Crippen molar-refractivity contribution in [3.05, 3.63) is 85.3 Å². The number of aromatic carboxylic acids is 1. The first-order valence-corrected chi connectivity index (χ1v) is 12.4. The maximum Gasteiger partial charge on any atom is 0.338 e. The molecule has 0 saturated carbocycles. The molecule has 0 fully saturated rings. The SMILES string of the molecule is Cc1ccc(NC(=O)C(C)Sc2cccc(NC(=O)c3c(Cl)c(Cl)c(Cl)c(Cl)c3C(=O)O)c2)cc1. The Balaban J connectivity index is 1.78. The summed E-state index contributed by atoms with van der Waals surface area (Å²) in [7, 11) is 0. The molecule has 0 aliphatic rings. The van der Waals surface area contributed by atoms with Gasteiger partial charge >= 0.3 is 5.97 Å². The van der Waals surface area contributed by atoms with E-state index in [1.54, 1.807) is 31.2 Å². The third kappa shape index (κ3) is 6.42. The molecule has 1 atom stereocenters. The number of benzene rings is 3. The molecule has 11 heteroatoms. The van der Waals surface area contributed by atoms with E-state index in [0.717, 1.165) is 5.56 Å². The first kappa shape index (κ1) is 27.2. The summed E-state index contributed by atoms with van der Waals surface area (Å²) in [6, 6.07) is 14.2. The molecule has 0 saturated heterocycles. The Hall–Kier alpha value is -2.42. The lowest BCUT2D eigenvalue weighted by atomic mass is 10.1. The molecule has 2 amide bonds. The Labute approximate surface area is 225 Å². The number of carboxylic acid groups (broad SMARTS) is 1. The van der Waals surface area contributed by atoms with Crippen molar-refractivity contribution in [2.24, 2.45) is 0 Å². The van der Waals surface area contributed by atoms with E-state index in [9.17, 15) is 19.5 Å². The van der Waals surface area contributed by atoms with Gasteiger partial charge in [-0.05, 0) is 44.2 Å². The predicted molar refractivity (Wildman–Crippen MR) is 143 cm³/mol. The highest BCUT2D eigenvalue weighted by atomic mass is 35.5. The summed E-state index contributed by atoms with van der Waals surface area (Å²) in [5.41, 5.74) is 1.16. The van der Waals surface area contributed by atoms with Crippen LogP contribution < -0.4 is 10.6 Å². The lowest BCUT2D eigenvalue weighted by Gasteiger charge is -2.15. The standard InChI is InChI=1S/C24H18Cl4N2O4S/c1-11-6-8-13(9-7-11)29-22(31)12(2)35-15-5-3-4-14(10-15)30-23(32)16-17(24(33)34)19(26)21(28)20(27)18(16)25/h3-10,12H,1-2H3,(H,29,31)(H,30,32)(H,33,34). The van der Waals surface area contributed by atoms with Crippen molar-refractivity contribution < 1.29 is 19.5 Å². The van der Waals surface area contributed by atoms with E-state index in [2.05, 4.69) is 10.6 Å². The van der Waals surface area contributed by atoms with Crippen LogP contribution in [-0.2, 0) is 4.79 Å². The molecular formula is C24H18Cl4N2O4S. The van der Waals surface area contributed by atoms with Crippen LogP contribution in [0.1, 0.15) is 33.2 Å². The van der Waals surface area contributed by atoms with Crippen LogP contribution in [0.25, 0.3) is 0 Å². The summed E-state index contributed by atoms with van der Waals surface area (Å²) in [6.45, 7) is 3.72. The molecule has 0 aromatic heterocycles. The number of hydrogen-bond donors (Lipinski definition) is 3. The topological polar surface area (TPSA) is 95.5 Å². The fraction of sp³-hybridized carbons (Fsp3) is 0.125. The van der Waals surface area contributed by atoms with Gasteiger partial charge in [-0.2, -0.15) is 0 Å². The average Bonchev–Trinajstić information content (AvgIpc) is 2.81. The minimum Gasteiger partial charge on any atom is -0.478 e. The molecular weight excluding hydrogens is 554 g/mol. The number of hydrogen-bond acceptors (Lipinski definition) is 4. The Kier molecular flexibility index (Phi) is 8.96. The quantitative estimate of drug-likeness (QED) is 0.153. The zero-order valence-corrected chi connectivity index (χ0v) is 22.1. The number of rotatable bonds is 7. The molecule has 3 rings (SSSR count). The van der Waals surface area contributed by atoms with Gasteiger partial charge in [0.2, 0.25) is 5.91 Å². The number of aryl methyl sites for hydroxylation is 1.